The van der Waals surface area contributed by atoms with Gasteiger partial charge in [-0.1, -0.05) is 0 Å². The Morgan fingerprint density at radius 1 is 1.35 bits per heavy atom. The van der Waals surface area contributed by atoms with Gasteiger partial charge < -0.3 is 10.2 Å². The van der Waals surface area contributed by atoms with E-state index in [1.807, 2.05) is 24.0 Å². The SMILES string of the molecule is Cc1cnn(CC2CCN(C(=O)C[C@H]3NC(=O)NC3=O)CC2)c1. The Morgan fingerprint density at radius 3 is 2.65 bits per heavy atom. The molecule has 2 fully saturated rings. The molecule has 2 N–H and O–H groups in total. The Hall–Kier alpha value is -2.38. The first-order valence-corrected chi connectivity index (χ1v) is 7.89. The summed E-state index contributed by atoms with van der Waals surface area (Å²) in [6.45, 7) is 4.26. The summed E-state index contributed by atoms with van der Waals surface area (Å²) in [5.41, 5.74) is 1.15. The monoisotopic (exact) mass is 319 g/mol. The second-order valence-corrected chi connectivity index (χ2v) is 6.28. The van der Waals surface area contributed by atoms with Crippen LogP contribution in [0.2, 0.25) is 0 Å². The summed E-state index contributed by atoms with van der Waals surface area (Å²) in [6, 6.07) is -1.26. The topological polar surface area (TPSA) is 96.3 Å². The number of imide groups is 1. The number of carbonyl (C=O) groups excluding carboxylic acids is 3. The van der Waals surface area contributed by atoms with Crippen LogP contribution in [0.5, 0.6) is 0 Å². The Labute approximate surface area is 134 Å². The fourth-order valence-electron chi connectivity index (χ4n) is 3.10. The molecule has 0 radical (unpaired) electrons. The maximum atomic E-state index is 12.3. The van der Waals surface area contributed by atoms with Crippen molar-refractivity contribution >= 4 is 17.8 Å². The third kappa shape index (κ3) is 3.69. The summed E-state index contributed by atoms with van der Waals surface area (Å²) in [4.78, 5) is 36.6. The van der Waals surface area contributed by atoms with E-state index in [2.05, 4.69) is 15.7 Å². The number of urea groups is 1. The van der Waals surface area contributed by atoms with E-state index in [9.17, 15) is 14.4 Å². The lowest BCUT2D eigenvalue weighted by Gasteiger charge is -2.32. The highest BCUT2D eigenvalue weighted by molar-refractivity contribution is 6.05. The van der Waals surface area contributed by atoms with Crippen molar-refractivity contribution < 1.29 is 14.4 Å². The predicted molar refractivity (Wildman–Crippen MR) is 81.3 cm³/mol. The van der Waals surface area contributed by atoms with Crippen molar-refractivity contribution in [2.75, 3.05) is 13.1 Å². The number of aryl methyl sites for hydroxylation is 1. The maximum Gasteiger partial charge on any atom is 0.322 e. The van der Waals surface area contributed by atoms with Crippen LogP contribution in [0.1, 0.15) is 24.8 Å². The third-order valence-electron chi connectivity index (χ3n) is 4.41. The van der Waals surface area contributed by atoms with Gasteiger partial charge in [0.1, 0.15) is 6.04 Å². The maximum absolute atomic E-state index is 12.3. The minimum atomic E-state index is -0.736. The second-order valence-electron chi connectivity index (χ2n) is 6.28. The second kappa shape index (κ2) is 6.39. The molecule has 0 saturated carbocycles. The number of rotatable bonds is 4. The number of amides is 4. The number of likely N-dealkylation sites (tertiary alicyclic amines) is 1. The van der Waals surface area contributed by atoms with Gasteiger partial charge in [0.15, 0.2) is 0 Å². The molecule has 2 aliphatic rings. The van der Waals surface area contributed by atoms with Crippen LogP contribution >= 0.6 is 0 Å². The zero-order chi connectivity index (χ0) is 16.4. The Morgan fingerprint density at radius 2 is 2.09 bits per heavy atom. The summed E-state index contributed by atoms with van der Waals surface area (Å²) >= 11 is 0. The molecule has 4 amide bonds. The van der Waals surface area contributed by atoms with Crippen LogP contribution in [0.25, 0.3) is 0 Å². The summed E-state index contributed by atoms with van der Waals surface area (Å²) in [7, 11) is 0. The van der Waals surface area contributed by atoms with Crippen LogP contribution in [0, 0.1) is 12.8 Å². The average molecular weight is 319 g/mol. The van der Waals surface area contributed by atoms with Crippen LogP contribution in [-0.4, -0.2) is 51.7 Å². The van der Waals surface area contributed by atoms with Gasteiger partial charge in [0.25, 0.3) is 5.91 Å². The van der Waals surface area contributed by atoms with Gasteiger partial charge in [0.2, 0.25) is 5.91 Å². The molecule has 0 aromatic carbocycles. The molecule has 8 nitrogen and oxygen atoms in total. The van der Waals surface area contributed by atoms with Crippen LogP contribution in [-0.2, 0) is 16.1 Å². The molecule has 2 aliphatic heterocycles. The van der Waals surface area contributed by atoms with Crippen LogP contribution < -0.4 is 10.6 Å². The van der Waals surface area contributed by atoms with Gasteiger partial charge in [-0.2, -0.15) is 5.10 Å². The molecule has 2 saturated heterocycles. The molecular formula is C15H21N5O3. The molecule has 0 aliphatic carbocycles. The van der Waals surface area contributed by atoms with E-state index in [0.29, 0.717) is 19.0 Å². The first-order valence-electron chi connectivity index (χ1n) is 7.89. The van der Waals surface area contributed by atoms with E-state index in [0.717, 1.165) is 24.9 Å². The summed E-state index contributed by atoms with van der Waals surface area (Å²) < 4.78 is 1.95. The molecule has 1 aromatic heterocycles. The van der Waals surface area contributed by atoms with Crippen molar-refractivity contribution in [1.82, 2.24) is 25.3 Å². The molecule has 3 heterocycles. The van der Waals surface area contributed by atoms with E-state index < -0.39 is 18.0 Å². The van der Waals surface area contributed by atoms with Crippen molar-refractivity contribution in [2.24, 2.45) is 5.92 Å². The van der Waals surface area contributed by atoms with Gasteiger partial charge >= 0.3 is 6.03 Å². The number of nitrogens with one attached hydrogen (secondary N) is 2. The first-order chi connectivity index (χ1) is 11.0. The number of hydrogen-bond donors (Lipinski definition) is 2. The highest BCUT2D eigenvalue weighted by atomic mass is 16.2. The van der Waals surface area contributed by atoms with Crippen molar-refractivity contribution in [3.05, 3.63) is 18.0 Å². The summed E-state index contributed by atoms with van der Waals surface area (Å²) in [5.74, 6) is 0.000790. The minimum absolute atomic E-state index is 0.0284. The Bertz CT molecular complexity index is 618. The Kier molecular flexibility index (Phi) is 4.31. The lowest BCUT2D eigenvalue weighted by molar-refractivity contribution is -0.135. The summed E-state index contributed by atoms with van der Waals surface area (Å²) in [6.07, 6.45) is 5.75. The Balaban J connectivity index is 1.46. The van der Waals surface area contributed by atoms with Gasteiger partial charge in [-0.05, 0) is 31.2 Å². The van der Waals surface area contributed by atoms with Crippen molar-refractivity contribution in [1.29, 1.82) is 0 Å². The molecule has 3 rings (SSSR count). The molecule has 1 atom stereocenters. The molecular weight excluding hydrogens is 298 g/mol. The quantitative estimate of drug-likeness (QED) is 0.765. The number of nitrogens with zero attached hydrogens (tertiary/aromatic N) is 3. The van der Waals surface area contributed by atoms with Crippen molar-refractivity contribution in [3.8, 4) is 0 Å². The zero-order valence-corrected chi connectivity index (χ0v) is 13.1. The van der Waals surface area contributed by atoms with Gasteiger partial charge in [0.05, 0.1) is 12.6 Å². The number of aromatic nitrogens is 2. The largest absolute Gasteiger partial charge is 0.343 e. The van der Waals surface area contributed by atoms with Gasteiger partial charge in [-0.15, -0.1) is 0 Å². The van der Waals surface area contributed by atoms with E-state index in [4.69, 9.17) is 0 Å². The fourth-order valence-corrected chi connectivity index (χ4v) is 3.10. The minimum Gasteiger partial charge on any atom is -0.343 e. The predicted octanol–water partition coefficient (Wildman–Crippen LogP) is 0.0282. The third-order valence-corrected chi connectivity index (χ3v) is 4.41. The molecule has 23 heavy (non-hydrogen) atoms. The molecule has 0 spiro atoms. The van der Waals surface area contributed by atoms with Crippen LogP contribution in [0.15, 0.2) is 12.4 Å². The van der Waals surface area contributed by atoms with Gasteiger partial charge in [0, 0.05) is 25.8 Å². The average Bonchev–Trinajstić information content (AvgIpc) is 3.05. The number of hydrogen-bond acceptors (Lipinski definition) is 4. The van der Waals surface area contributed by atoms with E-state index in [-0.39, 0.29) is 12.3 Å². The highest BCUT2D eigenvalue weighted by Gasteiger charge is 2.33. The zero-order valence-electron chi connectivity index (χ0n) is 13.1. The van der Waals surface area contributed by atoms with E-state index >= 15 is 0 Å². The highest BCUT2D eigenvalue weighted by Crippen LogP contribution is 2.20. The molecule has 0 bridgehead atoms. The van der Waals surface area contributed by atoms with Crippen molar-refractivity contribution in [3.63, 3.8) is 0 Å². The lowest BCUT2D eigenvalue weighted by Crippen LogP contribution is -2.43. The van der Waals surface area contributed by atoms with E-state index in [1.54, 1.807) is 4.90 Å². The molecule has 124 valence electrons. The summed E-state index contributed by atoms with van der Waals surface area (Å²) in [5, 5.41) is 8.90. The molecule has 0 unspecified atom stereocenters. The van der Waals surface area contributed by atoms with E-state index in [1.165, 1.54) is 0 Å². The van der Waals surface area contributed by atoms with Gasteiger partial charge in [-0.25, -0.2) is 4.79 Å². The normalized spacial score (nSPS) is 22.1. The van der Waals surface area contributed by atoms with Crippen LogP contribution in [0.4, 0.5) is 4.79 Å². The van der Waals surface area contributed by atoms with Crippen molar-refractivity contribution in [2.45, 2.75) is 38.8 Å². The standard InChI is InChI=1S/C15H21N5O3/c1-10-7-16-20(8-10)9-11-2-4-19(5-3-11)13(21)6-12-14(22)18-15(23)17-12/h7-8,11-12H,2-6,9H2,1H3,(H2,17,18,22,23)/t12-/m1/s1. The first kappa shape index (κ1) is 15.5. The smallest absolute Gasteiger partial charge is 0.322 e. The molecule has 8 heteroatoms. The number of carbonyl (C=O) groups is 3. The molecule has 1 aromatic rings. The number of piperidine rings is 1. The lowest BCUT2D eigenvalue weighted by atomic mass is 9.96. The van der Waals surface area contributed by atoms with Gasteiger partial charge in [-0.3, -0.25) is 19.6 Å². The fraction of sp³-hybridized carbons (Fsp3) is 0.600. The van der Waals surface area contributed by atoms with Crippen LogP contribution in [0.3, 0.4) is 0 Å².